The molecule has 138 valence electrons. The maximum atomic E-state index is 12.2. The first-order chi connectivity index (χ1) is 13.1. The Kier molecular flexibility index (Phi) is 4.25. The summed E-state index contributed by atoms with van der Waals surface area (Å²) in [6.07, 6.45) is 3.52. The normalized spacial score (nSPS) is 13.2. The zero-order chi connectivity index (χ0) is 19.0. The molecular formula is C19H20N6O2. The van der Waals surface area contributed by atoms with Gasteiger partial charge in [0.2, 0.25) is 5.91 Å². The van der Waals surface area contributed by atoms with Crippen LogP contribution in [0, 0.1) is 6.92 Å². The predicted octanol–water partition coefficient (Wildman–Crippen LogP) is 1.71. The van der Waals surface area contributed by atoms with Gasteiger partial charge >= 0.3 is 0 Å². The molecule has 0 atom stereocenters. The van der Waals surface area contributed by atoms with Gasteiger partial charge in [0.25, 0.3) is 0 Å². The van der Waals surface area contributed by atoms with Gasteiger partial charge < -0.3 is 26.1 Å². The molecule has 8 heteroatoms. The van der Waals surface area contributed by atoms with Crippen LogP contribution in [0.5, 0.6) is 5.75 Å². The first kappa shape index (κ1) is 17.0. The summed E-state index contributed by atoms with van der Waals surface area (Å²) in [5.41, 5.74) is 16.5. The number of nitrogens with zero attached hydrogens (tertiary/aromatic N) is 3. The zero-order valence-corrected chi connectivity index (χ0v) is 14.9. The largest absolute Gasteiger partial charge is 0.490 e. The number of aryl methyl sites for hydroxylation is 1. The molecule has 0 saturated carbocycles. The van der Waals surface area contributed by atoms with E-state index in [9.17, 15) is 4.79 Å². The number of anilines is 2. The minimum Gasteiger partial charge on any atom is -0.490 e. The van der Waals surface area contributed by atoms with E-state index in [2.05, 4.69) is 15.0 Å². The molecule has 0 spiro atoms. The van der Waals surface area contributed by atoms with Crippen LogP contribution in [0.3, 0.4) is 0 Å². The molecule has 0 aliphatic carbocycles. The number of carbonyl (C=O) groups excluding carboxylic acids is 1. The van der Waals surface area contributed by atoms with Crippen LogP contribution in [-0.2, 0) is 4.79 Å². The van der Waals surface area contributed by atoms with Crippen molar-refractivity contribution < 1.29 is 9.53 Å². The fraction of sp³-hybridized carbons (Fsp3) is 0.211. The third-order valence-corrected chi connectivity index (χ3v) is 4.58. The molecule has 1 aliphatic heterocycles. The van der Waals surface area contributed by atoms with Crippen molar-refractivity contribution in [3.05, 3.63) is 42.2 Å². The number of hydrogen-bond donors (Lipinski definition) is 3. The third-order valence-electron chi connectivity index (χ3n) is 4.58. The van der Waals surface area contributed by atoms with Crippen molar-refractivity contribution in [3.8, 4) is 28.3 Å². The Morgan fingerprint density at radius 2 is 2.22 bits per heavy atom. The average molecular weight is 364 g/mol. The molecule has 8 nitrogen and oxygen atoms in total. The smallest absolute Gasteiger partial charge is 0.240 e. The fourth-order valence-corrected chi connectivity index (χ4v) is 3.28. The van der Waals surface area contributed by atoms with Crippen molar-refractivity contribution in [1.82, 2.24) is 15.0 Å². The van der Waals surface area contributed by atoms with Crippen molar-refractivity contribution in [2.45, 2.75) is 6.92 Å². The Bertz CT molecular complexity index is 1010. The molecular weight excluding hydrogens is 344 g/mol. The number of amides is 1. The number of aromatic nitrogens is 3. The van der Waals surface area contributed by atoms with Gasteiger partial charge in [-0.2, -0.15) is 0 Å². The topological polar surface area (TPSA) is 123 Å². The molecule has 0 radical (unpaired) electrons. The van der Waals surface area contributed by atoms with E-state index in [1.54, 1.807) is 17.3 Å². The molecule has 1 aliphatic rings. The first-order valence-electron chi connectivity index (χ1n) is 8.62. The van der Waals surface area contributed by atoms with Gasteiger partial charge in [-0.05, 0) is 36.8 Å². The summed E-state index contributed by atoms with van der Waals surface area (Å²) in [5, 5.41) is 0. The minimum absolute atomic E-state index is 0.0551. The number of H-pyrrole nitrogens is 1. The lowest BCUT2D eigenvalue weighted by Crippen LogP contribution is -2.41. The average Bonchev–Trinajstić information content (AvgIpc) is 3.08. The van der Waals surface area contributed by atoms with Crippen molar-refractivity contribution in [1.29, 1.82) is 0 Å². The van der Waals surface area contributed by atoms with E-state index in [-0.39, 0.29) is 12.5 Å². The fourth-order valence-electron chi connectivity index (χ4n) is 3.28. The Hall–Kier alpha value is -3.39. The quantitative estimate of drug-likeness (QED) is 0.650. The highest BCUT2D eigenvalue weighted by atomic mass is 16.5. The lowest BCUT2D eigenvalue weighted by molar-refractivity contribution is -0.117. The third kappa shape index (κ3) is 3.00. The van der Waals surface area contributed by atoms with E-state index < -0.39 is 0 Å². The number of aromatic amines is 1. The molecule has 0 fully saturated rings. The number of fused-ring (bicyclic) bond motifs is 1. The molecule has 2 aromatic heterocycles. The lowest BCUT2D eigenvalue weighted by Gasteiger charge is -2.29. The highest BCUT2D eigenvalue weighted by molar-refractivity contribution is 5.97. The SMILES string of the molecule is Cc1cnccc1-c1[nH]c(N)nc1-c1ccc2c(c1)N(C(=O)CN)CCO2. The summed E-state index contributed by atoms with van der Waals surface area (Å²) < 4.78 is 5.68. The molecule has 5 N–H and O–H groups in total. The molecule has 0 bridgehead atoms. The van der Waals surface area contributed by atoms with E-state index in [4.69, 9.17) is 16.2 Å². The Morgan fingerprint density at radius 3 is 3.00 bits per heavy atom. The van der Waals surface area contributed by atoms with E-state index in [0.29, 0.717) is 36.2 Å². The van der Waals surface area contributed by atoms with Crippen LogP contribution in [0.2, 0.25) is 0 Å². The number of nitrogens with two attached hydrogens (primary N) is 2. The maximum absolute atomic E-state index is 12.2. The molecule has 0 unspecified atom stereocenters. The van der Waals surface area contributed by atoms with Gasteiger partial charge in [-0.15, -0.1) is 0 Å². The van der Waals surface area contributed by atoms with Gasteiger partial charge in [0, 0.05) is 23.5 Å². The number of hydrogen-bond acceptors (Lipinski definition) is 6. The predicted molar refractivity (Wildman–Crippen MR) is 103 cm³/mol. The molecule has 3 heterocycles. The van der Waals surface area contributed by atoms with Gasteiger partial charge in [-0.25, -0.2) is 4.98 Å². The van der Waals surface area contributed by atoms with Crippen LogP contribution in [0.1, 0.15) is 5.56 Å². The van der Waals surface area contributed by atoms with Crippen molar-refractivity contribution in [2.24, 2.45) is 5.73 Å². The number of carbonyl (C=O) groups is 1. The van der Waals surface area contributed by atoms with E-state index in [0.717, 1.165) is 22.4 Å². The second kappa shape index (κ2) is 6.73. The summed E-state index contributed by atoms with van der Waals surface area (Å²) >= 11 is 0. The van der Waals surface area contributed by atoms with Crippen LogP contribution in [0.15, 0.2) is 36.7 Å². The van der Waals surface area contributed by atoms with Gasteiger partial charge in [0.15, 0.2) is 5.95 Å². The summed E-state index contributed by atoms with van der Waals surface area (Å²) in [4.78, 5) is 25.6. The van der Waals surface area contributed by atoms with Crippen molar-refractivity contribution >= 4 is 17.5 Å². The Labute approximate surface area is 156 Å². The van der Waals surface area contributed by atoms with Crippen LogP contribution in [0.4, 0.5) is 11.6 Å². The summed E-state index contributed by atoms with van der Waals surface area (Å²) in [5.74, 6) is 0.820. The molecule has 4 rings (SSSR count). The zero-order valence-electron chi connectivity index (χ0n) is 14.9. The number of nitrogen functional groups attached to an aromatic ring is 1. The number of ether oxygens (including phenoxy) is 1. The molecule has 1 aromatic carbocycles. The monoisotopic (exact) mass is 364 g/mol. The van der Waals surface area contributed by atoms with Gasteiger partial charge in [-0.1, -0.05) is 0 Å². The minimum atomic E-state index is -0.150. The van der Waals surface area contributed by atoms with Gasteiger partial charge in [0.05, 0.1) is 30.2 Å². The molecule has 3 aromatic rings. The number of rotatable bonds is 3. The lowest BCUT2D eigenvalue weighted by atomic mass is 10.0. The van der Waals surface area contributed by atoms with E-state index >= 15 is 0 Å². The van der Waals surface area contributed by atoms with E-state index in [1.165, 1.54) is 0 Å². The van der Waals surface area contributed by atoms with Crippen LogP contribution in [0.25, 0.3) is 22.5 Å². The molecule has 0 saturated heterocycles. The highest BCUT2D eigenvalue weighted by Crippen LogP contribution is 2.38. The van der Waals surface area contributed by atoms with Crippen LogP contribution in [-0.4, -0.2) is 40.6 Å². The molecule has 27 heavy (non-hydrogen) atoms. The number of pyridine rings is 1. The van der Waals surface area contributed by atoms with Crippen molar-refractivity contribution in [3.63, 3.8) is 0 Å². The summed E-state index contributed by atoms with van der Waals surface area (Å²) in [6, 6.07) is 7.55. The number of nitrogens with one attached hydrogen (secondary N) is 1. The summed E-state index contributed by atoms with van der Waals surface area (Å²) in [6.45, 7) is 2.83. The summed E-state index contributed by atoms with van der Waals surface area (Å²) in [7, 11) is 0. The standard InChI is InChI=1S/C19H20N6O2/c1-11-10-22-5-4-13(11)18-17(23-19(21)24-18)12-2-3-15-14(8-12)25(6-7-27-15)16(26)9-20/h2-5,8,10H,6-7,9,20H2,1H3,(H3,21,23,24). The van der Waals surface area contributed by atoms with Gasteiger partial charge in [-0.3, -0.25) is 9.78 Å². The number of imidazole rings is 1. The molecule has 1 amide bonds. The first-order valence-corrected chi connectivity index (χ1v) is 8.62. The highest BCUT2D eigenvalue weighted by Gasteiger charge is 2.24. The maximum Gasteiger partial charge on any atom is 0.240 e. The van der Waals surface area contributed by atoms with Crippen LogP contribution >= 0.6 is 0 Å². The van der Waals surface area contributed by atoms with Crippen molar-refractivity contribution in [2.75, 3.05) is 30.3 Å². The Balaban J connectivity index is 1.84. The van der Waals surface area contributed by atoms with Crippen LogP contribution < -0.4 is 21.1 Å². The number of benzene rings is 1. The second-order valence-corrected chi connectivity index (χ2v) is 6.32. The van der Waals surface area contributed by atoms with Gasteiger partial charge in [0.1, 0.15) is 12.4 Å². The van der Waals surface area contributed by atoms with E-state index in [1.807, 2.05) is 31.2 Å². The second-order valence-electron chi connectivity index (χ2n) is 6.32. The Morgan fingerprint density at radius 1 is 1.37 bits per heavy atom.